The molecular weight excluding hydrogens is 428 g/mol. The first kappa shape index (κ1) is 21.5. The van der Waals surface area contributed by atoms with Gasteiger partial charge in [0.15, 0.2) is 0 Å². The fourth-order valence-corrected chi connectivity index (χ4v) is 4.42. The first-order valence-electron chi connectivity index (χ1n) is 11.0. The molecule has 170 valence electrons. The average Bonchev–Trinajstić information content (AvgIpc) is 3.27. The summed E-state index contributed by atoms with van der Waals surface area (Å²) >= 11 is 0. The lowest BCUT2D eigenvalue weighted by Gasteiger charge is -2.29. The molecule has 2 N–H and O–H groups in total. The van der Waals surface area contributed by atoms with Gasteiger partial charge in [-0.25, -0.2) is 14.8 Å². The van der Waals surface area contributed by atoms with Crippen LogP contribution in [0.5, 0.6) is 5.75 Å². The Bertz CT molecular complexity index is 1310. The van der Waals surface area contributed by atoms with Crippen molar-refractivity contribution < 1.29 is 14.6 Å². The van der Waals surface area contributed by atoms with Gasteiger partial charge in [0, 0.05) is 25.2 Å². The van der Waals surface area contributed by atoms with Crippen molar-refractivity contribution >= 4 is 28.8 Å². The summed E-state index contributed by atoms with van der Waals surface area (Å²) in [5.41, 5.74) is 4.58. The topological polar surface area (TPSA) is 87.6 Å². The van der Waals surface area contributed by atoms with Gasteiger partial charge in [0.25, 0.3) is 0 Å². The Kier molecular flexibility index (Phi) is 5.59. The molecule has 2 aromatic carbocycles. The number of aromatic nitrogens is 2. The van der Waals surface area contributed by atoms with Crippen LogP contribution in [0.15, 0.2) is 85.4 Å². The van der Waals surface area contributed by atoms with E-state index in [4.69, 9.17) is 4.74 Å². The second-order valence-electron chi connectivity index (χ2n) is 8.11. The molecule has 0 amide bonds. The molecule has 0 spiro atoms. The highest BCUT2D eigenvalue weighted by atomic mass is 16.5. The summed E-state index contributed by atoms with van der Waals surface area (Å²) in [6, 6.07) is 17.0. The fourth-order valence-electron chi connectivity index (χ4n) is 4.42. The standard InChI is InChI=1S/C27H24N4O3/c1-28-25-14-26(30-16-29-25)31-15-23(18-3-5-19(6-4-18)27(32)33)22-12-9-20(13-24(22)31)17-7-10-21(34-2)11-8-17/h3-16,22,24H,1-2H3,(H,32,33)(H,28,29,30). The normalized spacial score (nSPS) is 18.7. The van der Waals surface area contributed by atoms with E-state index in [1.165, 1.54) is 0 Å². The molecule has 34 heavy (non-hydrogen) atoms. The summed E-state index contributed by atoms with van der Waals surface area (Å²) in [6.07, 6.45) is 10.3. The van der Waals surface area contributed by atoms with Gasteiger partial charge in [0.2, 0.25) is 0 Å². The van der Waals surface area contributed by atoms with E-state index in [2.05, 4.69) is 56.7 Å². The van der Waals surface area contributed by atoms with Crippen LogP contribution in [0.1, 0.15) is 21.5 Å². The molecule has 3 aromatic rings. The Labute approximate surface area is 197 Å². The van der Waals surface area contributed by atoms with Gasteiger partial charge in [0.1, 0.15) is 23.7 Å². The maximum absolute atomic E-state index is 11.3. The van der Waals surface area contributed by atoms with Crippen LogP contribution in [0.25, 0.3) is 11.1 Å². The Morgan fingerprint density at radius 1 is 1.06 bits per heavy atom. The molecule has 2 heterocycles. The molecule has 7 nitrogen and oxygen atoms in total. The van der Waals surface area contributed by atoms with Crippen molar-refractivity contribution in [1.29, 1.82) is 0 Å². The minimum Gasteiger partial charge on any atom is -0.497 e. The summed E-state index contributed by atoms with van der Waals surface area (Å²) in [5, 5.41) is 12.3. The molecule has 0 bridgehead atoms. The van der Waals surface area contributed by atoms with Gasteiger partial charge in [-0.2, -0.15) is 0 Å². The number of methoxy groups -OCH3 is 1. The monoisotopic (exact) mass is 452 g/mol. The SMILES string of the molecule is CNc1cc(N2C=C(c3ccc(C(=O)O)cc3)C3C=CC(c4ccc(OC)cc4)=CC32)ncn1. The molecule has 0 saturated heterocycles. The first-order chi connectivity index (χ1) is 16.6. The van der Waals surface area contributed by atoms with E-state index in [1.807, 2.05) is 37.4 Å². The van der Waals surface area contributed by atoms with Crippen LogP contribution >= 0.6 is 0 Å². The van der Waals surface area contributed by atoms with Gasteiger partial charge in [-0.05, 0) is 46.5 Å². The van der Waals surface area contributed by atoms with Gasteiger partial charge < -0.3 is 20.1 Å². The number of fused-ring (bicyclic) bond motifs is 1. The summed E-state index contributed by atoms with van der Waals surface area (Å²) in [6.45, 7) is 0. The number of carbonyl (C=O) groups is 1. The maximum Gasteiger partial charge on any atom is 0.335 e. The quantitative estimate of drug-likeness (QED) is 0.559. The fraction of sp³-hybridized carbons (Fsp3) is 0.148. The second-order valence-corrected chi connectivity index (χ2v) is 8.11. The molecule has 7 heteroatoms. The number of hydrogen-bond acceptors (Lipinski definition) is 6. The number of benzene rings is 2. The van der Waals surface area contributed by atoms with E-state index in [9.17, 15) is 9.90 Å². The van der Waals surface area contributed by atoms with E-state index in [0.29, 0.717) is 0 Å². The summed E-state index contributed by atoms with van der Waals surface area (Å²) < 4.78 is 5.30. The van der Waals surface area contributed by atoms with E-state index >= 15 is 0 Å². The molecule has 0 radical (unpaired) electrons. The number of allylic oxidation sites excluding steroid dienone is 2. The molecule has 0 saturated carbocycles. The minimum absolute atomic E-state index is 0.0101. The number of nitrogens with one attached hydrogen (secondary N) is 1. The zero-order valence-electron chi connectivity index (χ0n) is 18.8. The molecule has 2 aliphatic rings. The van der Waals surface area contributed by atoms with Crippen LogP contribution in [-0.2, 0) is 0 Å². The number of anilines is 2. The zero-order valence-corrected chi connectivity index (χ0v) is 18.8. The molecular formula is C27H24N4O3. The molecule has 2 atom stereocenters. The van der Waals surface area contributed by atoms with Gasteiger partial charge in [-0.3, -0.25) is 0 Å². The van der Waals surface area contributed by atoms with Crippen LogP contribution in [0.2, 0.25) is 0 Å². The van der Waals surface area contributed by atoms with E-state index in [0.717, 1.165) is 39.7 Å². The molecule has 1 aliphatic heterocycles. The Morgan fingerprint density at radius 3 is 2.47 bits per heavy atom. The van der Waals surface area contributed by atoms with E-state index in [1.54, 1.807) is 25.6 Å². The van der Waals surface area contributed by atoms with Gasteiger partial charge in [-0.15, -0.1) is 0 Å². The summed E-state index contributed by atoms with van der Waals surface area (Å²) in [4.78, 5) is 22.2. The van der Waals surface area contributed by atoms with E-state index < -0.39 is 5.97 Å². The third-order valence-corrected chi connectivity index (χ3v) is 6.22. The van der Waals surface area contributed by atoms with Crippen molar-refractivity contribution in [2.45, 2.75) is 6.04 Å². The maximum atomic E-state index is 11.3. The Hall–Kier alpha value is -4.39. The lowest BCUT2D eigenvalue weighted by molar-refractivity contribution is 0.0697. The van der Waals surface area contributed by atoms with Gasteiger partial charge in [0.05, 0.1) is 18.7 Å². The first-order valence-corrected chi connectivity index (χ1v) is 11.0. The summed E-state index contributed by atoms with van der Waals surface area (Å²) in [7, 11) is 3.49. The van der Waals surface area contributed by atoms with E-state index in [-0.39, 0.29) is 17.5 Å². The van der Waals surface area contributed by atoms with Crippen molar-refractivity contribution in [2.75, 3.05) is 24.4 Å². The number of nitrogens with zero attached hydrogens (tertiary/aromatic N) is 3. The Balaban J connectivity index is 1.55. The molecule has 0 fully saturated rings. The number of carboxylic acids is 1. The Morgan fingerprint density at radius 2 is 1.79 bits per heavy atom. The van der Waals surface area contributed by atoms with Crippen molar-refractivity contribution in [3.05, 3.63) is 102 Å². The third-order valence-electron chi connectivity index (χ3n) is 6.22. The summed E-state index contributed by atoms with van der Waals surface area (Å²) in [5.74, 6) is 1.49. The van der Waals surface area contributed by atoms with Crippen molar-refractivity contribution in [2.24, 2.45) is 5.92 Å². The lowest BCUT2D eigenvalue weighted by atomic mass is 9.84. The molecule has 2 unspecified atom stereocenters. The average molecular weight is 453 g/mol. The lowest BCUT2D eigenvalue weighted by Crippen LogP contribution is -2.31. The number of rotatable bonds is 6. The van der Waals surface area contributed by atoms with Crippen LogP contribution in [0.3, 0.4) is 0 Å². The van der Waals surface area contributed by atoms with Crippen LogP contribution in [0, 0.1) is 5.92 Å². The predicted octanol–water partition coefficient (Wildman–Crippen LogP) is 4.72. The third kappa shape index (κ3) is 3.92. The predicted molar refractivity (Wildman–Crippen MR) is 133 cm³/mol. The van der Waals surface area contributed by atoms with Crippen LogP contribution in [0.4, 0.5) is 11.6 Å². The van der Waals surface area contributed by atoms with Crippen molar-refractivity contribution in [3.8, 4) is 5.75 Å². The molecule has 1 aromatic heterocycles. The minimum atomic E-state index is -0.934. The highest BCUT2D eigenvalue weighted by Crippen LogP contribution is 2.43. The largest absolute Gasteiger partial charge is 0.497 e. The number of aromatic carboxylic acids is 1. The van der Waals surface area contributed by atoms with Crippen molar-refractivity contribution in [3.63, 3.8) is 0 Å². The second kappa shape index (κ2) is 8.86. The van der Waals surface area contributed by atoms with Crippen molar-refractivity contribution in [1.82, 2.24) is 9.97 Å². The zero-order chi connectivity index (χ0) is 23.7. The highest BCUT2D eigenvalue weighted by Gasteiger charge is 2.36. The smallest absolute Gasteiger partial charge is 0.335 e. The van der Waals surface area contributed by atoms with Gasteiger partial charge in [-0.1, -0.05) is 42.5 Å². The number of ether oxygens (including phenoxy) is 1. The number of hydrogen-bond donors (Lipinski definition) is 2. The molecule has 5 rings (SSSR count). The number of carboxylic acid groups (broad SMARTS) is 1. The molecule has 1 aliphatic carbocycles. The van der Waals surface area contributed by atoms with Crippen LogP contribution in [-0.4, -0.2) is 41.2 Å². The van der Waals surface area contributed by atoms with Crippen LogP contribution < -0.4 is 15.0 Å². The highest BCUT2D eigenvalue weighted by molar-refractivity contribution is 5.89. The van der Waals surface area contributed by atoms with Gasteiger partial charge >= 0.3 is 5.97 Å².